The van der Waals surface area contributed by atoms with Crippen LogP contribution in [0.4, 0.5) is 10.1 Å². The molecule has 2 heterocycles. The molecule has 2 aromatic carbocycles. The molecule has 0 radical (unpaired) electrons. The van der Waals surface area contributed by atoms with Crippen molar-refractivity contribution in [3.8, 4) is 11.8 Å². The number of pyridine rings is 1. The number of rotatable bonds is 6. The first-order chi connectivity index (χ1) is 18.1. The summed E-state index contributed by atoms with van der Waals surface area (Å²) in [5.74, 6) is -0.271. The van der Waals surface area contributed by atoms with Gasteiger partial charge in [-0.2, -0.15) is 5.26 Å². The van der Waals surface area contributed by atoms with E-state index in [1.807, 2.05) is 44.7 Å². The number of carbonyl (C=O) groups is 2. The molecule has 1 aliphatic carbocycles. The smallest absolute Gasteiger partial charge is 0.251 e. The van der Waals surface area contributed by atoms with Gasteiger partial charge in [0.2, 0.25) is 0 Å². The lowest BCUT2D eigenvalue weighted by molar-refractivity contribution is -0.163. The van der Waals surface area contributed by atoms with E-state index < -0.39 is 16.6 Å². The van der Waals surface area contributed by atoms with Gasteiger partial charge in [-0.3, -0.25) is 9.78 Å². The fraction of sp³-hybridized carbons (Fsp3) is 0.400. The van der Waals surface area contributed by atoms with Gasteiger partial charge in [-0.05, 0) is 48.9 Å². The van der Waals surface area contributed by atoms with Crippen LogP contribution in [0.15, 0.2) is 48.7 Å². The van der Waals surface area contributed by atoms with Crippen LogP contribution in [-0.2, 0) is 4.79 Å². The molecule has 0 spiro atoms. The van der Waals surface area contributed by atoms with E-state index in [2.05, 4.69) is 16.4 Å². The Morgan fingerprint density at radius 3 is 2.63 bits per heavy atom. The van der Waals surface area contributed by atoms with Gasteiger partial charge in [-0.1, -0.05) is 27.7 Å². The summed E-state index contributed by atoms with van der Waals surface area (Å²) in [6, 6.07) is 13.7. The van der Waals surface area contributed by atoms with Gasteiger partial charge in [0.25, 0.3) is 5.91 Å². The number of benzene rings is 2. The van der Waals surface area contributed by atoms with Crippen LogP contribution >= 0.6 is 0 Å². The largest absolute Gasteiger partial charge is 0.488 e. The Morgan fingerprint density at radius 2 is 1.97 bits per heavy atom. The average molecular weight is 515 g/mol. The number of nitriles is 1. The molecule has 5 rings (SSSR count). The van der Waals surface area contributed by atoms with Crippen molar-refractivity contribution < 1.29 is 18.7 Å². The Bertz CT molecular complexity index is 1450. The van der Waals surface area contributed by atoms with E-state index in [4.69, 9.17) is 4.74 Å². The van der Waals surface area contributed by atoms with E-state index in [-0.39, 0.29) is 29.5 Å². The fourth-order valence-corrected chi connectivity index (χ4v) is 6.50. The molecule has 38 heavy (non-hydrogen) atoms. The lowest BCUT2D eigenvalue weighted by Gasteiger charge is -2.63. The van der Waals surface area contributed by atoms with E-state index in [0.717, 1.165) is 11.7 Å². The number of nitrogens with zero attached hydrogens (tertiary/aromatic N) is 3. The zero-order chi connectivity index (χ0) is 27.2. The van der Waals surface area contributed by atoms with Crippen molar-refractivity contribution >= 4 is 28.8 Å². The summed E-state index contributed by atoms with van der Waals surface area (Å²) >= 11 is 0. The van der Waals surface area contributed by atoms with Crippen LogP contribution in [0, 0.1) is 33.9 Å². The normalized spacial score (nSPS) is 23.4. The number of amides is 1. The third-order valence-corrected chi connectivity index (χ3v) is 8.18. The predicted molar refractivity (Wildman–Crippen MR) is 142 cm³/mol. The maximum absolute atomic E-state index is 15.0. The third-order valence-electron chi connectivity index (χ3n) is 8.18. The van der Waals surface area contributed by atoms with Crippen LogP contribution in [0.2, 0.25) is 0 Å². The number of anilines is 1. The minimum Gasteiger partial charge on any atom is -0.488 e. The van der Waals surface area contributed by atoms with Crippen molar-refractivity contribution in [1.82, 2.24) is 10.3 Å². The van der Waals surface area contributed by atoms with Gasteiger partial charge in [0, 0.05) is 53.0 Å². The molecular weight excluding hydrogens is 483 g/mol. The van der Waals surface area contributed by atoms with Crippen LogP contribution in [0.3, 0.4) is 0 Å². The highest BCUT2D eigenvalue weighted by Crippen LogP contribution is 2.56. The van der Waals surface area contributed by atoms with E-state index in [1.54, 1.807) is 30.5 Å². The first kappa shape index (κ1) is 25.7. The highest BCUT2D eigenvalue weighted by molar-refractivity contribution is 5.95. The van der Waals surface area contributed by atoms with E-state index in [0.29, 0.717) is 42.0 Å². The molecule has 1 amide bonds. The quantitative estimate of drug-likeness (QED) is 0.471. The summed E-state index contributed by atoms with van der Waals surface area (Å²) in [4.78, 5) is 30.5. The standard InChI is InChI=1S/C30H31FN4O3/c1-29(2)27(34-26(37)19-7-9-23(22(31)14-19)35-13-11-18(16-35)17-36)30(3,4)28(29)38-24-10-8-20(15-32)25-21(24)6-5-12-33-25/h5-10,12,14,17-18,27-28H,11,13,16H2,1-4H3,(H,34,37)/t18-,27?,28?/m0/s1. The number of nitrogens with one attached hydrogen (secondary N) is 1. The van der Waals surface area contributed by atoms with Crippen molar-refractivity contribution in [2.45, 2.75) is 46.3 Å². The lowest BCUT2D eigenvalue weighted by atomic mass is 9.49. The number of hydrogen-bond acceptors (Lipinski definition) is 6. The summed E-state index contributed by atoms with van der Waals surface area (Å²) in [7, 11) is 0. The van der Waals surface area contributed by atoms with Crippen molar-refractivity contribution in [2.24, 2.45) is 16.7 Å². The van der Waals surface area contributed by atoms with E-state index in [1.165, 1.54) is 6.07 Å². The summed E-state index contributed by atoms with van der Waals surface area (Å²) in [6.07, 6.45) is 3.03. The van der Waals surface area contributed by atoms with Crippen molar-refractivity contribution in [2.75, 3.05) is 18.0 Å². The van der Waals surface area contributed by atoms with Gasteiger partial charge in [0.05, 0.1) is 16.8 Å². The summed E-state index contributed by atoms with van der Waals surface area (Å²) in [5.41, 5.74) is 0.870. The molecule has 0 unspecified atom stereocenters. The topological polar surface area (TPSA) is 95.3 Å². The predicted octanol–water partition coefficient (Wildman–Crippen LogP) is 4.88. The highest BCUT2D eigenvalue weighted by Gasteiger charge is 2.64. The Labute approximate surface area is 221 Å². The molecule has 3 aromatic rings. The van der Waals surface area contributed by atoms with Gasteiger partial charge in [0.1, 0.15) is 30.0 Å². The SMILES string of the molecule is CC1(C)C(NC(=O)c2ccc(N3CC[C@H](C=O)C3)c(F)c2)C(C)(C)C1Oc1ccc(C#N)c2ncccc12. The van der Waals surface area contributed by atoms with Crippen molar-refractivity contribution in [3.63, 3.8) is 0 Å². The van der Waals surface area contributed by atoms with Crippen LogP contribution in [0.5, 0.6) is 5.75 Å². The molecule has 1 aliphatic heterocycles. The molecule has 1 N–H and O–H groups in total. The maximum atomic E-state index is 15.0. The molecule has 196 valence electrons. The summed E-state index contributed by atoms with van der Waals surface area (Å²) in [6.45, 7) is 9.26. The number of fused-ring (bicyclic) bond motifs is 1. The highest BCUT2D eigenvalue weighted by atomic mass is 19.1. The minimum absolute atomic E-state index is 0.0887. The number of carbonyl (C=O) groups excluding carboxylic acids is 2. The molecule has 8 heteroatoms. The average Bonchev–Trinajstić information content (AvgIpc) is 3.38. The molecule has 1 saturated heterocycles. The molecule has 1 aromatic heterocycles. The van der Waals surface area contributed by atoms with Gasteiger partial charge < -0.3 is 19.7 Å². The van der Waals surface area contributed by atoms with Gasteiger partial charge in [-0.25, -0.2) is 4.39 Å². The second-order valence-corrected chi connectivity index (χ2v) is 11.5. The second-order valence-electron chi connectivity index (χ2n) is 11.5. The number of hydrogen-bond donors (Lipinski definition) is 1. The molecule has 2 fully saturated rings. The Morgan fingerprint density at radius 1 is 1.21 bits per heavy atom. The first-order valence-corrected chi connectivity index (χ1v) is 12.8. The lowest BCUT2D eigenvalue weighted by Crippen LogP contribution is -2.74. The van der Waals surface area contributed by atoms with Crippen LogP contribution in [0.25, 0.3) is 10.9 Å². The molecule has 0 bridgehead atoms. The zero-order valence-corrected chi connectivity index (χ0v) is 22.0. The van der Waals surface area contributed by atoms with E-state index >= 15 is 0 Å². The number of ether oxygens (including phenoxy) is 1. The number of aldehydes is 1. The molecule has 1 saturated carbocycles. The number of halogens is 1. The summed E-state index contributed by atoms with van der Waals surface area (Å²) < 4.78 is 21.5. The monoisotopic (exact) mass is 514 g/mol. The fourth-order valence-electron chi connectivity index (χ4n) is 6.50. The van der Waals surface area contributed by atoms with Crippen LogP contribution in [-0.4, -0.2) is 42.4 Å². The van der Waals surface area contributed by atoms with E-state index in [9.17, 15) is 19.2 Å². The first-order valence-electron chi connectivity index (χ1n) is 12.8. The van der Waals surface area contributed by atoms with Gasteiger partial charge >= 0.3 is 0 Å². The van der Waals surface area contributed by atoms with Gasteiger partial charge in [-0.15, -0.1) is 0 Å². The Balaban J connectivity index is 1.32. The third kappa shape index (κ3) is 4.16. The Kier molecular flexibility index (Phi) is 6.34. The van der Waals surface area contributed by atoms with Crippen LogP contribution < -0.4 is 15.0 Å². The molecular formula is C30H31FN4O3. The van der Waals surface area contributed by atoms with Crippen molar-refractivity contribution in [3.05, 3.63) is 65.6 Å². The van der Waals surface area contributed by atoms with Crippen LogP contribution in [0.1, 0.15) is 50.0 Å². The number of aromatic nitrogens is 1. The van der Waals surface area contributed by atoms with Gasteiger partial charge in [0.15, 0.2) is 0 Å². The molecule has 1 atom stereocenters. The molecule has 7 nitrogen and oxygen atoms in total. The second kappa shape index (κ2) is 9.39. The Hall–Kier alpha value is -3.99. The minimum atomic E-state index is -0.473. The van der Waals surface area contributed by atoms with Crippen molar-refractivity contribution in [1.29, 1.82) is 5.26 Å². The maximum Gasteiger partial charge on any atom is 0.251 e. The molecule has 2 aliphatic rings. The summed E-state index contributed by atoms with van der Waals surface area (Å²) in [5, 5.41) is 13.3. The zero-order valence-electron chi connectivity index (χ0n) is 22.0.